The second-order valence-electron chi connectivity index (χ2n) is 7.19. The summed E-state index contributed by atoms with van der Waals surface area (Å²) in [6.07, 6.45) is 0. The summed E-state index contributed by atoms with van der Waals surface area (Å²) in [5, 5.41) is 19.3. The van der Waals surface area contributed by atoms with Crippen molar-refractivity contribution in [2.45, 2.75) is 40.5 Å². The first-order valence-corrected chi connectivity index (χ1v) is 9.16. The number of nitrogens with zero attached hydrogens (tertiary/aromatic N) is 4. The molecular formula is C20H20N6O4. The van der Waals surface area contributed by atoms with Gasteiger partial charge in [0, 0.05) is 11.1 Å². The summed E-state index contributed by atoms with van der Waals surface area (Å²) in [5.74, 6) is 0.827. The molecule has 154 valence electrons. The molecule has 1 aromatic carbocycles. The highest BCUT2D eigenvalue weighted by Gasteiger charge is 2.19. The van der Waals surface area contributed by atoms with Crippen molar-refractivity contribution in [3.63, 3.8) is 0 Å². The first-order chi connectivity index (χ1) is 14.1. The monoisotopic (exact) mass is 408 g/mol. The maximum Gasteiger partial charge on any atom is 0.349 e. The van der Waals surface area contributed by atoms with Crippen LogP contribution in [0.4, 0.5) is 0 Å². The van der Waals surface area contributed by atoms with E-state index in [2.05, 4.69) is 20.3 Å². The number of hydrogen-bond acceptors (Lipinski definition) is 7. The van der Waals surface area contributed by atoms with Crippen LogP contribution in [0.1, 0.15) is 47.7 Å². The highest BCUT2D eigenvalue weighted by atomic mass is 16.5. The van der Waals surface area contributed by atoms with E-state index in [0.29, 0.717) is 39.6 Å². The number of rotatable bonds is 4. The van der Waals surface area contributed by atoms with Crippen molar-refractivity contribution in [1.29, 1.82) is 5.26 Å². The Balaban J connectivity index is 2.12. The highest BCUT2D eigenvalue weighted by molar-refractivity contribution is 5.51. The van der Waals surface area contributed by atoms with Crippen molar-refractivity contribution in [3.8, 4) is 23.4 Å². The number of H-pyrrole nitrogens is 2. The average molecular weight is 408 g/mol. The molecule has 0 saturated carbocycles. The van der Waals surface area contributed by atoms with Crippen molar-refractivity contribution in [3.05, 3.63) is 71.3 Å². The number of hydrogen-bond donors (Lipinski definition) is 2. The van der Waals surface area contributed by atoms with E-state index in [0.717, 1.165) is 4.68 Å². The molecule has 0 aliphatic rings. The van der Waals surface area contributed by atoms with E-state index in [1.165, 1.54) is 0 Å². The van der Waals surface area contributed by atoms with Gasteiger partial charge in [0.25, 0.3) is 11.1 Å². The molecule has 3 aromatic rings. The van der Waals surface area contributed by atoms with Gasteiger partial charge in [-0.2, -0.15) is 9.94 Å². The van der Waals surface area contributed by atoms with E-state index < -0.39 is 16.9 Å². The number of nitriles is 1. The Hall–Kier alpha value is -4.00. The molecule has 0 unspecified atom stereocenters. The fourth-order valence-electron chi connectivity index (χ4n) is 3.24. The Morgan fingerprint density at radius 2 is 1.73 bits per heavy atom. The van der Waals surface area contributed by atoms with Gasteiger partial charge < -0.3 is 4.74 Å². The lowest BCUT2D eigenvalue weighted by Crippen LogP contribution is -2.33. The van der Waals surface area contributed by atoms with Gasteiger partial charge in [-0.3, -0.25) is 14.6 Å². The Labute approximate surface area is 170 Å². The molecule has 0 atom stereocenters. The molecule has 0 radical (unpaired) electrons. The molecule has 0 bridgehead atoms. The molecule has 10 heteroatoms. The molecule has 2 aromatic heterocycles. The van der Waals surface area contributed by atoms with Crippen LogP contribution < -0.4 is 21.5 Å². The molecule has 0 spiro atoms. The summed E-state index contributed by atoms with van der Waals surface area (Å²) < 4.78 is 7.00. The lowest BCUT2D eigenvalue weighted by Gasteiger charge is -2.17. The third kappa shape index (κ3) is 3.65. The van der Waals surface area contributed by atoms with Crippen LogP contribution in [0, 0.1) is 32.1 Å². The minimum absolute atomic E-state index is 0.0167. The molecule has 2 N–H and O–H groups in total. The van der Waals surface area contributed by atoms with E-state index >= 15 is 0 Å². The molecule has 3 rings (SSSR count). The van der Waals surface area contributed by atoms with E-state index in [1.54, 1.807) is 39.0 Å². The van der Waals surface area contributed by atoms with Gasteiger partial charge in [-0.1, -0.05) is 13.8 Å². The van der Waals surface area contributed by atoms with E-state index in [4.69, 9.17) is 10.00 Å². The number of benzene rings is 1. The molecule has 10 nitrogen and oxygen atoms in total. The quantitative estimate of drug-likeness (QED) is 0.668. The molecule has 0 saturated heterocycles. The fraction of sp³-hybridized carbons (Fsp3) is 0.300. The number of ether oxygens (including phenoxy) is 1. The van der Waals surface area contributed by atoms with Crippen molar-refractivity contribution < 1.29 is 4.74 Å². The first kappa shape index (κ1) is 20.7. The lowest BCUT2D eigenvalue weighted by atomic mass is 10.0. The fourth-order valence-corrected chi connectivity index (χ4v) is 3.24. The van der Waals surface area contributed by atoms with E-state index in [-0.39, 0.29) is 11.5 Å². The van der Waals surface area contributed by atoms with Gasteiger partial charge in [-0.25, -0.2) is 9.89 Å². The normalized spacial score (nSPS) is 10.8. The number of aromatic nitrogens is 5. The minimum atomic E-state index is -0.840. The summed E-state index contributed by atoms with van der Waals surface area (Å²) >= 11 is 0. The minimum Gasteiger partial charge on any atom is -0.437 e. The Bertz CT molecular complexity index is 1330. The van der Waals surface area contributed by atoms with Crippen molar-refractivity contribution in [1.82, 2.24) is 25.0 Å². The van der Waals surface area contributed by atoms with Crippen LogP contribution in [-0.4, -0.2) is 25.0 Å². The molecule has 0 fully saturated rings. The lowest BCUT2D eigenvalue weighted by molar-refractivity contribution is 0.436. The zero-order valence-electron chi connectivity index (χ0n) is 17.2. The van der Waals surface area contributed by atoms with Gasteiger partial charge in [0.1, 0.15) is 11.8 Å². The van der Waals surface area contributed by atoms with Crippen LogP contribution in [0.2, 0.25) is 0 Å². The Morgan fingerprint density at radius 1 is 1.10 bits per heavy atom. The first-order valence-electron chi connectivity index (χ1n) is 9.16. The Kier molecular flexibility index (Phi) is 5.38. The van der Waals surface area contributed by atoms with Gasteiger partial charge in [0.2, 0.25) is 11.6 Å². The predicted molar refractivity (Wildman–Crippen MR) is 108 cm³/mol. The second-order valence-corrected chi connectivity index (χ2v) is 7.19. The third-order valence-electron chi connectivity index (χ3n) is 4.63. The number of nitrogens with one attached hydrogen (secondary N) is 2. The largest absolute Gasteiger partial charge is 0.437 e. The molecule has 0 aliphatic carbocycles. The standard InChI is InChI=1S/C20H20N6O4/c1-9(2)15-12(5)17(27)23-24-19(15)30-16-10(3)6-13(7-11(16)4)26-20(29)22-18(28)14(8-21)25-26/h6-7,9H,1-5H3,(H,23,27)(H,22,28,29). The van der Waals surface area contributed by atoms with Gasteiger partial charge in [0.05, 0.1) is 5.69 Å². The maximum absolute atomic E-state index is 12.2. The average Bonchev–Trinajstić information content (AvgIpc) is 2.67. The van der Waals surface area contributed by atoms with Crippen LogP contribution in [0.5, 0.6) is 11.6 Å². The van der Waals surface area contributed by atoms with Crippen LogP contribution in [0.25, 0.3) is 5.69 Å². The summed E-state index contributed by atoms with van der Waals surface area (Å²) in [5.41, 5.74) is 0.664. The van der Waals surface area contributed by atoms with Crippen molar-refractivity contribution in [2.75, 3.05) is 0 Å². The summed E-state index contributed by atoms with van der Waals surface area (Å²) in [4.78, 5) is 37.7. The molecule has 0 aliphatic heterocycles. The van der Waals surface area contributed by atoms with Gasteiger partial charge >= 0.3 is 5.69 Å². The third-order valence-corrected chi connectivity index (χ3v) is 4.63. The zero-order valence-corrected chi connectivity index (χ0v) is 17.2. The molecular weight excluding hydrogens is 388 g/mol. The second kappa shape index (κ2) is 7.79. The van der Waals surface area contributed by atoms with Crippen molar-refractivity contribution >= 4 is 0 Å². The van der Waals surface area contributed by atoms with Gasteiger partial charge in [-0.15, -0.1) is 10.2 Å². The topological polar surface area (TPSA) is 147 Å². The molecule has 0 amide bonds. The van der Waals surface area contributed by atoms with Crippen LogP contribution >= 0.6 is 0 Å². The van der Waals surface area contributed by atoms with E-state index in [1.807, 2.05) is 13.8 Å². The maximum atomic E-state index is 12.2. The van der Waals surface area contributed by atoms with Crippen LogP contribution in [0.15, 0.2) is 26.5 Å². The predicted octanol–water partition coefficient (Wildman–Crippen LogP) is 1.72. The van der Waals surface area contributed by atoms with Gasteiger partial charge in [-0.05, 0) is 49.9 Å². The van der Waals surface area contributed by atoms with Crippen molar-refractivity contribution in [2.24, 2.45) is 0 Å². The SMILES string of the molecule is Cc1cc(-n2nc(C#N)c(=O)[nH]c2=O)cc(C)c1Oc1n[nH]c(=O)c(C)c1C(C)C. The summed E-state index contributed by atoms with van der Waals surface area (Å²) in [6.45, 7) is 9.16. The summed E-state index contributed by atoms with van der Waals surface area (Å²) in [6, 6.07) is 4.94. The zero-order chi connectivity index (χ0) is 22.2. The highest BCUT2D eigenvalue weighted by Crippen LogP contribution is 2.33. The smallest absolute Gasteiger partial charge is 0.349 e. The summed E-state index contributed by atoms with van der Waals surface area (Å²) in [7, 11) is 0. The Morgan fingerprint density at radius 3 is 2.30 bits per heavy atom. The molecule has 30 heavy (non-hydrogen) atoms. The van der Waals surface area contributed by atoms with Crippen LogP contribution in [-0.2, 0) is 0 Å². The molecule has 2 heterocycles. The van der Waals surface area contributed by atoms with Crippen LogP contribution in [0.3, 0.4) is 0 Å². The number of aromatic amines is 2. The van der Waals surface area contributed by atoms with Gasteiger partial charge in [0.15, 0.2) is 0 Å². The van der Waals surface area contributed by atoms with E-state index in [9.17, 15) is 14.4 Å². The number of aryl methyl sites for hydroxylation is 2.